The van der Waals surface area contributed by atoms with E-state index in [-0.39, 0.29) is 33.7 Å². The van der Waals surface area contributed by atoms with E-state index in [2.05, 4.69) is 9.69 Å². The molecule has 3 aromatic rings. The van der Waals surface area contributed by atoms with Gasteiger partial charge in [-0.3, -0.25) is 19.3 Å². The van der Waals surface area contributed by atoms with Crippen LogP contribution in [0.25, 0.3) is 0 Å². The Morgan fingerprint density at radius 3 is 2.58 bits per heavy atom. The van der Waals surface area contributed by atoms with Crippen LogP contribution >= 0.6 is 11.5 Å². The Morgan fingerprint density at radius 2 is 1.97 bits per heavy atom. The summed E-state index contributed by atoms with van der Waals surface area (Å²) in [4.78, 5) is 39.8. The second-order valence-electron chi connectivity index (χ2n) is 7.70. The monoisotopic (exact) mass is 471 g/mol. The number of aromatic nitrogens is 1. The van der Waals surface area contributed by atoms with Crippen molar-refractivity contribution in [1.82, 2.24) is 9.69 Å². The number of halogens is 1. The van der Waals surface area contributed by atoms with Crippen LogP contribution in [0.2, 0.25) is 0 Å². The van der Waals surface area contributed by atoms with E-state index >= 15 is 0 Å². The van der Waals surface area contributed by atoms with E-state index in [1.807, 2.05) is 0 Å². The summed E-state index contributed by atoms with van der Waals surface area (Å²) in [5.74, 6) is -2.53. The molecule has 2 aromatic heterocycles. The lowest BCUT2D eigenvalue weighted by molar-refractivity contribution is -0.123. The number of amides is 3. The number of primary amides is 1. The lowest BCUT2D eigenvalue weighted by Crippen LogP contribution is -2.46. The third-order valence-electron chi connectivity index (χ3n) is 5.48. The van der Waals surface area contributed by atoms with Gasteiger partial charge in [-0.15, -0.1) is 0 Å². The van der Waals surface area contributed by atoms with E-state index in [0.717, 1.165) is 36.6 Å². The van der Waals surface area contributed by atoms with Crippen LogP contribution in [0.15, 0.2) is 47.1 Å². The lowest BCUT2D eigenvalue weighted by Gasteiger charge is -2.30. The van der Waals surface area contributed by atoms with Crippen molar-refractivity contribution >= 4 is 40.6 Å². The molecule has 11 heteroatoms. The molecule has 1 saturated carbocycles. The zero-order valence-electron chi connectivity index (χ0n) is 17.5. The van der Waals surface area contributed by atoms with Crippen molar-refractivity contribution in [2.45, 2.75) is 37.8 Å². The molecule has 2 heterocycles. The summed E-state index contributed by atoms with van der Waals surface area (Å²) in [6.45, 7) is 0. The maximum atomic E-state index is 14.2. The van der Waals surface area contributed by atoms with Crippen molar-refractivity contribution in [2.24, 2.45) is 5.73 Å². The standard InChI is InChI=1S/C22H22FN5O4S/c23-12-5-3-8-14(11-12)28(22(31)19-16(24)17(20(25)29)27-33-19)18(15-9-4-10-32-15)21(30)26-13-6-1-2-7-13/h3-5,8-11,13,18H,1-2,6-7,24H2,(H2,25,29)(H,26,30)/t18-/m0/s1. The van der Waals surface area contributed by atoms with Crippen molar-refractivity contribution in [3.8, 4) is 0 Å². The predicted octanol–water partition coefficient (Wildman–Crippen LogP) is 3.00. The highest BCUT2D eigenvalue weighted by Gasteiger charge is 2.38. The zero-order chi connectivity index (χ0) is 23.5. The second kappa shape index (κ2) is 9.41. The Balaban J connectivity index is 1.81. The zero-order valence-corrected chi connectivity index (χ0v) is 18.3. The van der Waals surface area contributed by atoms with E-state index in [0.29, 0.717) is 11.5 Å². The minimum Gasteiger partial charge on any atom is -0.467 e. The van der Waals surface area contributed by atoms with E-state index in [9.17, 15) is 18.8 Å². The number of nitrogens with one attached hydrogen (secondary N) is 1. The first kappa shape index (κ1) is 22.5. The van der Waals surface area contributed by atoms with Crippen LogP contribution in [0.4, 0.5) is 15.8 Å². The minimum atomic E-state index is -1.26. The Morgan fingerprint density at radius 1 is 1.21 bits per heavy atom. The topological polar surface area (TPSA) is 145 Å². The van der Waals surface area contributed by atoms with Crippen molar-refractivity contribution in [2.75, 3.05) is 10.6 Å². The molecule has 1 atom stereocenters. The molecule has 1 aliphatic carbocycles. The predicted molar refractivity (Wildman–Crippen MR) is 120 cm³/mol. The summed E-state index contributed by atoms with van der Waals surface area (Å²) in [6, 6.07) is 7.12. The Hall–Kier alpha value is -3.73. The Kier molecular flexibility index (Phi) is 6.40. The maximum Gasteiger partial charge on any atom is 0.273 e. The number of carbonyl (C=O) groups excluding carboxylic acids is 3. The molecular formula is C22H22FN5O4S. The summed E-state index contributed by atoms with van der Waals surface area (Å²) in [6.07, 6.45) is 5.03. The van der Waals surface area contributed by atoms with Gasteiger partial charge in [0, 0.05) is 11.7 Å². The van der Waals surface area contributed by atoms with Crippen molar-refractivity contribution in [1.29, 1.82) is 0 Å². The molecule has 0 radical (unpaired) electrons. The first-order valence-electron chi connectivity index (χ1n) is 10.3. The number of hydrogen-bond donors (Lipinski definition) is 3. The van der Waals surface area contributed by atoms with E-state index in [4.69, 9.17) is 15.9 Å². The average molecular weight is 472 g/mol. The van der Waals surface area contributed by atoms with Gasteiger partial charge in [0.05, 0.1) is 12.0 Å². The number of nitrogens with two attached hydrogens (primary N) is 2. The molecule has 3 amide bonds. The first-order chi connectivity index (χ1) is 15.9. The Bertz CT molecular complexity index is 1170. The normalized spacial score (nSPS) is 14.7. The van der Waals surface area contributed by atoms with Crippen molar-refractivity contribution in [3.63, 3.8) is 0 Å². The molecule has 9 nitrogen and oxygen atoms in total. The highest BCUT2D eigenvalue weighted by Crippen LogP contribution is 2.34. The van der Waals surface area contributed by atoms with Crippen LogP contribution < -0.4 is 21.7 Å². The molecule has 0 bridgehead atoms. The average Bonchev–Trinajstić information content (AvgIpc) is 3.53. The minimum absolute atomic E-state index is 0.0330. The number of benzene rings is 1. The van der Waals surface area contributed by atoms with Gasteiger partial charge in [-0.05, 0) is 54.7 Å². The van der Waals surface area contributed by atoms with Gasteiger partial charge >= 0.3 is 0 Å². The molecule has 0 saturated heterocycles. The number of rotatable bonds is 7. The van der Waals surface area contributed by atoms with E-state index in [1.165, 1.54) is 24.5 Å². The third-order valence-corrected chi connectivity index (χ3v) is 6.33. The quantitative estimate of drug-likeness (QED) is 0.483. The maximum absolute atomic E-state index is 14.2. The summed E-state index contributed by atoms with van der Waals surface area (Å²) >= 11 is 0.676. The molecule has 33 heavy (non-hydrogen) atoms. The fourth-order valence-electron chi connectivity index (χ4n) is 3.92. The highest BCUT2D eigenvalue weighted by molar-refractivity contribution is 7.09. The van der Waals surface area contributed by atoms with Gasteiger partial charge < -0.3 is 21.2 Å². The van der Waals surface area contributed by atoms with Gasteiger partial charge in [-0.25, -0.2) is 4.39 Å². The lowest BCUT2D eigenvalue weighted by atomic mass is 10.1. The number of nitrogens with zero attached hydrogens (tertiary/aromatic N) is 2. The fourth-order valence-corrected chi connectivity index (χ4v) is 4.66. The van der Waals surface area contributed by atoms with E-state index in [1.54, 1.807) is 12.1 Å². The van der Waals surface area contributed by atoms with Crippen LogP contribution in [-0.4, -0.2) is 28.1 Å². The summed E-state index contributed by atoms with van der Waals surface area (Å²) in [7, 11) is 0. The van der Waals surface area contributed by atoms with Gasteiger partial charge in [0.1, 0.15) is 16.5 Å². The van der Waals surface area contributed by atoms with E-state index < -0.39 is 29.6 Å². The highest BCUT2D eigenvalue weighted by atomic mass is 32.1. The van der Waals surface area contributed by atoms with Gasteiger partial charge in [0.2, 0.25) is 0 Å². The second-order valence-corrected chi connectivity index (χ2v) is 8.47. The van der Waals surface area contributed by atoms with Crippen LogP contribution in [0.3, 0.4) is 0 Å². The molecule has 1 aromatic carbocycles. The van der Waals surface area contributed by atoms with Crippen LogP contribution in [0, 0.1) is 5.82 Å². The summed E-state index contributed by atoms with van der Waals surface area (Å²) in [5.41, 5.74) is 10.9. The van der Waals surface area contributed by atoms with Crippen LogP contribution in [-0.2, 0) is 4.79 Å². The largest absolute Gasteiger partial charge is 0.467 e. The number of anilines is 2. The molecule has 0 spiro atoms. The van der Waals surface area contributed by atoms with Gasteiger partial charge in [0.25, 0.3) is 17.7 Å². The third kappa shape index (κ3) is 4.58. The number of hydrogen-bond acceptors (Lipinski definition) is 7. The molecular weight excluding hydrogens is 449 g/mol. The van der Waals surface area contributed by atoms with Crippen molar-refractivity contribution < 1.29 is 23.2 Å². The first-order valence-corrected chi connectivity index (χ1v) is 11.1. The van der Waals surface area contributed by atoms with Gasteiger partial charge in [-0.2, -0.15) is 4.37 Å². The number of nitrogen functional groups attached to an aromatic ring is 1. The summed E-state index contributed by atoms with van der Waals surface area (Å²) < 4.78 is 23.5. The smallest absolute Gasteiger partial charge is 0.273 e. The number of carbonyl (C=O) groups is 3. The summed E-state index contributed by atoms with van der Waals surface area (Å²) in [5, 5.41) is 2.97. The van der Waals surface area contributed by atoms with Gasteiger partial charge in [-0.1, -0.05) is 18.9 Å². The van der Waals surface area contributed by atoms with Crippen LogP contribution in [0.5, 0.6) is 0 Å². The molecule has 1 aliphatic rings. The fraction of sp³-hybridized carbons (Fsp3) is 0.273. The molecule has 0 unspecified atom stereocenters. The van der Waals surface area contributed by atoms with Crippen LogP contribution in [0.1, 0.15) is 57.6 Å². The molecule has 172 valence electrons. The molecule has 5 N–H and O–H groups in total. The molecule has 0 aliphatic heterocycles. The Labute approximate surface area is 192 Å². The van der Waals surface area contributed by atoms with Gasteiger partial charge in [0.15, 0.2) is 11.7 Å². The van der Waals surface area contributed by atoms with Crippen molar-refractivity contribution in [3.05, 3.63) is 64.8 Å². The SMILES string of the molecule is NC(=O)c1nsc(C(=O)N(c2cccc(F)c2)[C@H](C(=O)NC2CCCC2)c2ccco2)c1N. The molecule has 4 rings (SSSR count). The molecule has 1 fully saturated rings. The number of furan rings is 1.